The summed E-state index contributed by atoms with van der Waals surface area (Å²) in [6.07, 6.45) is 2.82. The minimum atomic E-state index is -0.409. The molecule has 126 valence electrons. The zero-order chi connectivity index (χ0) is 17.8. The van der Waals surface area contributed by atoms with Crippen molar-refractivity contribution in [2.45, 2.75) is 0 Å². The Morgan fingerprint density at radius 2 is 1.48 bits per heavy atom. The summed E-state index contributed by atoms with van der Waals surface area (Å²) in [4.78, 5) is 20.5. The van der Waals surface area contributed by atoms with Crippen LogP contribution >= 0.6 is 34.8 Å². The third-order valence-corrected chi connectivity index (χ3v) is 4.10. The third kappa shape index (κ3) is 4.39. The maximum Gasteiger partial charge on any atom is 0.258 e. The first-order valence-corrected chi connectivity index (χ1v) is 8.26. The van der Waals surface area contributed by atoms with Crippen molar-refractivity contribution in [3.8, 4) is 0 Å². The highest BCUT2D eigenvalue weighted by atomic mass is 35.5. The van der Waals surface area contributed by atoms with Gasteiger partial charge in [-0.25, -0.2) is 9.97 Å². The molecule has 0 unspecified atom stereocenters. The summed E-state index contributed by atoms with van der Waals surface area (Å²) in [5.74, 6) is -0.0531. The smallest absolute Gasteiger partial charge is 0.258 e. The van der Waals surface area contributed by atoms with Crippen LogP contribution in [0.2, 0.25) is 15.1 Å². The molecule has 1 heterocycles. The third-order valence-electron chi connectivity index (χ3n) is 3.22. The number of carbonyl (C=O) groups is 1. The Labute approximate surface area is 159 Å². The highest BCUT2D eigenvalue weighted by molar-refractivity contribution is 6.40. The molecule has 0 aliphatic rings. The molecule has 0 atom stereocenters. The SMILES string of the molecule is O=C(Nc1c(Cl)cccc1Cl)c1cnc(Nc2ccc(Cl)cc2)nc1. The fraction of sp³-hybridized carbons (Fsp3) is 0. The van der Waals surface area contributed by atoms with Crippen LogP contribution in [0, 0.1) is 0 Å². The number of hydrogen-bond acceptors (Lipinski definition) is 4. The average Bonchev–Trinajstić information content (AvgIpc) is 2.61. The number of halogens is 3. The minimum absolute atomic E-state index is 0.276. The van der Waals surface area contributed by atoms with Crippen LogP contribution < -0.4 is 10.6 Å². The van der Waals surface area contributed by atoms with Crippen molar-refractivity contribution in [3.05, 3.63) is 75.5 Å². The molecule has 3 rings (SSSR count). The number of nitrogens with one attached hydrogen (secondary N) is 2. The van der Waals surface area contributed by atoms with E-state index in [4.69, 9.17) is 34.8 Å². The Balaban J connectivity index is 1.71. The number of nitrogens with zero attached hydrogens (tertiary/aromatic N) is 2. The Bertz CT molecular complexity index is 879. The van der Waals surface area contributed by atoms with Crippen LogP contribution in [-0.4, -0.2) is 15.9 Å². The lowest BCUT2D eigenvalue weighted by Gasteiger charge is -2.09. The van der Waals surface area contributed by atoms with E-state index in [0.29, 0.717) is 26.7 Å². The predicted octanol–water partition coefficient (Wildman–Crippen LogP) is 5.43. The molecule has 3 aromatic rings. The lowest BCUT2D eigenvalue weighted by Crippen LogP contribution is -2.13. The largest absolute Gasteiger partial charge is 0.324 e. The molecule has 5 nitrogen and oxygen atoms in total. The monoisotopic (exact) mass is 392 g/mol. The first kappa shape index (κ1) is 17.5. The normalized spacial score (nSPS) is 10.4. The number of anilines is 3. The lowest BCUT2D eigenvalue weighted by molar-refractivity contribution is 0.102. The number of amides is 1. The van der Waals surface area contributed by atoms with E-state index in [1.165, 1.54) is 12.4 Å². The topological polar surface area (TPSA) is 66.9 Å². The molecular formula is C17H11Cl3N4O. The summed E-state index contributed by atoms with van der Waals surface area (Å²) in [6, 6.07) is 12.1. The van der Waals surface area contributed by atoms with Gasteiger partial charge in [0, 0.05) is 23.1 Å². The molecule has 1 amide bonds. The van der Waals surface area contributed by atoms with Gasteiger partial charge in [-0.2, -0.15) is 0 Å². The van der Waals surface area contributed by atoms with Crippen LogP contribution in [0.25, 0.3) is 0 Å². The molecule has 0 aliphatic heterocycles. The predicted molar refractivity (Wildman–Crippen MR) is 101 cm³/mol. The van der Waals surface area contributed by atoms with E-state index < -0.39 is 5.91 Å². The second-order valence-electron chi connectivity index (χ2n) is 4.98. The standard InChI is InChI=1S/C17H11Cl3N4O/c18-11-4-6-12(7-5-11)23-17-21-8-10(9-22-17)16(25)24-15-13(19)2-1-3-14(15)20/h1-9H,(H,24,25)(H,21,22,23). The van der Waals surface area contributed by atoms with Gasteiger partial charge in [-0.3, -0.25) is 4.79 Å². The van der Waals surface area contributed by atoms with Crippen LogP contribution in [0.4, 0.5) is 17.3 Å². The number of benzene rings is 2. The summed E-state index contributed by atoms with van der Waals surface area (Å²) >= 11 is 17.9. The molecule has 0 fully saturated rings. The van der Waals surface area contributed by atoms with Gasteiger partial charge in [0.1, 0.15) is 0 Å². The fourth-order valence-electron chi connectivity index (χ4n) is 1.98. The Kier molecular flexibility index (Phi) is 5.38. The molecule has 25 heavy (non-hydrogen) atoms. The second kappa shape index (κ2) is 7.70. The summed E-state index contributed by atoms with van der Waals surface area (Å²) in [7, 11) is 0. The van der Waals surface area contributed by atoms with Crippen molar-refractivity contribution in [3.63, 3.8) is 0 Å². The summed E-state index contributed by atoms with van der Waals surface area (Å²) in [5, 5.41) is 7.00. The van der Waals surface area contributed by atoms with Gasteiger partial charge in [-0.1, -0.05) is 40.9 Å². The molecule has 0 bridgehead atoms. The van der Waals surface area contributed by atoms with Gasteiger partial charge in [0.05, 0.1) is 21.3 Å². The van der Waals surface area contributed by atoms with Gasteiger partial charge in [0.2, 0.25) is 5.95 Å². The van der Waals surface area contributed by atoms with Crippen LogP contribution in [-0.2, 0) is 0 Å². The molecule has 2 aromatic carbocycles. The van der Waals surface area contributed by atoms with E-state index in [9.17, 15) is 4.79 Å². The molecule has 0 saturated carbocycles. The first-order chi connectivity index (χ1) is 12.0. The minimum Gasteiger partial charge on any atom is -0.324 e. The first-order valence-electron chi connectivity index (χ1n) is 7.13. The molecule has 0 spiro atoms. The molecule has 0 saturated heterocycles. The summed E-state index contributed by atoms with van der Waals surface area (Å²) < 4.78 is 0. The van der Waals surface area contributed by atoms with E-state index in [-0.39, 0.29) is 5.56 Å². The molecule has 8 heteroatoms. The van der Waals surface area contributed by atoms with Gasteiger partial charge in [-0.05, 0) is 36.4 Å². The van der Waals surface area contributed by atoms with Crippen LogP contribution in [0.15, 0.2) is 54.9 Å². The van der Waals surface area contributed by atoms with Crippen molar-refractivity contribution in [2.75, 3.05) is 10.6 Å². The maximum atomic E-state index is 12.3. The van der Waals surface area contributed by atoms with E-state index in [1.807, 2.05) is 0 Å². The molecule has 2 N–H and O–H groups in total. The van der Waals surface area contributed by atoms with Crippen molar-refractivity contribution in [1.82, 2.24) is 9.97 Å². The number of hydrogen-bond donors (Lipinski definition) is 2. The molecule has 1 aromatic heterocycles. The Morgan fingerprint density at radius 1 is 0.880 bits per heavy atom. The van der Waals surface area contributed by atoms with E-state index in [2.05, 4.69) is 20.6 Å². The molecule has 0 radical (unpaired) electrons. The fourth-order valence-corrected chi connectivity index (χ4v) is 2.59. The number of aromatic nitrogens is 2. The van der Waals surface area contributed by atoms with Gasteiger partial charge in [0.25, 0.3) is 5.91 Å². The van der Waals surface area contributed by atoms with Crippen molar-refractivity contribution in [1.29, 1.82) is 0 Å². The zero-order valence-electron chi connectivity index (χ0n) is 12.6. The second-order valence-corrected chi connectivity index (χ2v) is 6.23. The lowest BCUT2D eigenvalue weighted by atomic mass is 10.2. The van der Waals surface area contributed by atoms with Crippen molar-refractivity contribution in [2.24, 2.45) is 0 Å². The highest BCUT2D eigenvalue weighted by Crippen LogP contribution is 2.30. The van der Waals surface area contributed by atoms with Crippen LogP contribution in [0.3, 0.4) is 0 Å². The maximum absolute atomic E-state index is 12.3. The van der Waals surface area contributed by atoms with Gasteiger partial charge in [0.15, 0.2) is 0 Å². The van der Waals surface area contributed by atoms with Gasteiger partial charge < -0.3 is 10.6 Å². The number of carbonyl (C=O) groups excluding carboxylic acids is 1. The Hall–Kier alpha value is -2.34. The van der Waals surface area contributed by atoms with Gasteiger partial charge >= 0.3 is 0 Å². The van der Waals surface area contributed by atoms with E-state index >= 15 is 0 Å². The Morgan fingerprint density at radius 3 is 2.08 bits per heavy atom. The summed E-state index contributed by atoms with van der Waals surface area (Å²) in [5.41, 5.74) is 1.40. The zero-order valence-corrected chi connectivity index (χ0v) is 14.9. The van der Waals surface area contributed by atoms with Crippen molar-refractivity contribution < 1.29 is 4.79 Å². The average molecular weight is 394 g/mol. The number of para-hydroxylation sites is 1. The number of rotatable bonds is 4. The van der Waals surface area contributed by atoms with Crippen LogP contribution in [0.5, 0.6) is 0 Å². The quantitative estimate of drug-likeness (QED) is 0.620. The van der Waals surface area contributed by atoms with E-state index in [1.54, 1.807) is 42.5 Å². The van der Waals surface area contributed by atoms with E-state index in [0.717, 1.165) is 5.69 Å². The highest BCUT2D eigenvalue weighted by Gasteiger charge is 2.12. The van der Waals surface area contributed by atoms with Crippen LogP contribution in [0.1, 0.15) is 10.4 Å². The molecule has 0 aliphatic carbocycles. The van der Waals surface area contributed by atoms with Crippen molar-refractivity contribution >= 4 is 58.0 Å². The molecular weight excluding hydrogens is 383 g/mol. The summed E-state index contributed by atoms with van der Waals surface area (Å²) in [6.45, 7) is 0. The van der Waals surface area contributed by atoms with Gasteiger partial charge in [-0.15, -0.1) is 0 Å².